The topological polar surface area (TPSA) is 104 Å². The molecule has 0 unspecified atom stereocenters. The largest absolute Gasteiger partial charge is 2.00 e. The van der Waals surface area contributed by atoms with E-state index in [0.717, 1.165) is 0 Å². The molecule has 2 heterocycles. The minimum absolute atomic E-state index is 0. The van der Waals surface area contributed by atoms with Crippen molar-refractivity contribution in [2.24, 2.45) is 9.98 Å². The van der Waals surface area contributed by atoms with Crippen LogP contribution in [-0.2, 0) is 21.1 Å². The van der Waals surface area contributed by atoms with E-state index in [-0.39, 0.29) is 21.1 Å². The second kappa shape index (κ2) is 7.56. The van der Waals surface area contributed by atoms with Crippen molar-refractivity contribution in [1.82, 2.24) is 30.4 Å². The molecule has 9 heteroatoms. The molecule has 0 saturated carbocycles. The molecule has 0 atom stereocenters. The third-order valence-electron chi connectivity index (χ3n) is 1.58. The van der Waals surface area contributed by atoms with E-state index in [9.17, 15) is 0 Å². The molecule has 0 saturated heterocycles. The van der Waals surface area contributed by atoms with Gasteiger partial charge in [0.05, 0.1) is 13.1 Å². The fourth-order valence-corrected chi connectivity index (χ4v) is 0.918. The Kier molecular flexibility index (Phi) is 5.95. The predicted octanol–water partition coefficient (Wildman–Crippen LogP) is -1.28. The minimum Gasteiger partial charge on any atom is -0.424 e. The fourth-order valence-electron chi connectivity index (χ4n) is 0.918. The zero-order valence-electron chi connectivity index (χ0n) is 8.62. The molecular weight excluding hydrogens is 403 g/mol. The second-order valence-electron chi connectivity index (χ2n) is 2.71. The van der Waals surface area contributed by atoms with Gasteiger partial charge in [-0.25, -0.2) is 0 Å². The summed E-state index contributed by atoms with van der Waals surface area (Å²) in [6.07, 6.45) is 5.87. The van der Waals surface area contributed by atoms with Crippen molar-refractivity contribution in [3.63, 3.8) is 0 Å². The molecule has 2 aromatic heterocycles. The van der Waals surface area contributed by atoms with Crippen LogP contribution in [0.25, 0.3) is 0 Å². The van der Waals surface area contributed by atoms with Crippen LogP contribution >= 0.6 is 0 Å². The molecular formula is C8H8N8Pt. The molecule has 0 aromatic carbocycles. The zero-order chi connectivity index (χ0) is 11.1. The Balaban J connectivity index is 0.00000144. The van der Waals surface area contributed by atoms with Gasteiger partial charge in [-0.1, -0.05) is 0 Å². The molecule has 2 aromatic rings. The van der Waals surface area contributed by atoms with E-state index in [1.807, 2.05) is 0 Å². The molecule has 0 aliphatic heterocycles. The first-order valence-corrected chi connectivity index (χ1v) is 4.55. The van der Waals surface area contributed by atoms with Crippen molar-refractivity contribution in [2.75, 3.05) is 13.1 Å². The minimum atomic E-state index is 0. The van der Waals surface area contributed by atoms with Crippen molar-refractivity contribution in [1.29, 1.82) is 0 Å². The normalized spacial score (nSPS) is 11.1. The molecule has 0 aliphatic rings. The summed E-state index contributed by atoms with van der Waals surface area (Å²) in [4.78, 5) is 15.8. The van der Waals surface area contributed by atoms with Gasteiger partial charge in [0, 0.05) is 25.1 Å². The number of nitrogens with zero attached hydrogens (tertiary/aromatic N) is 8. The first kappa shape index (κ1) is 13.4. The molecule has 0 fully saturated rings. The van der Waals surface area contributed by atoms with Crippen molar-refractivity contribution in [3.05, 3.63) is 24.3 Å². The van der Waals surface area contributed by atoms with Crippen LogP contribution in [0, 0.1) is 0 Å². The average Bonchev–Trinajstić information content (AvgIpc) is 2.96. The Bertz CT molecular complexity index is 402. The summed E-state index contributed by atoms with van der Waals surface area (Å²) in [6, 6.07) is 0. The smallest absolute Gasteiger partial charge is 0.424 e. The summed E-state index contributed by atoms with van der Waals surface area (Å²) in [5.74, 6) is 1.01. The van der Waals surface area contributed by atoms with Crippen LogP contribution < -0.4 is 10.2 Å². The summed E-state index contributed by atoms with van der Waals surface area (Å²) in [6.45, 7) is 1.11. The number of rotatable bonds is 5. The quantitative estimate of drug-likeness (QED) is 0.448. The van der Waals surface area contributed by atoms with Gasteiger partial charge in [0.15, 0.2) is 0 Å². The molecule has 17 heavy (non-hydrogen) atoms. The third-order valence-corrected chi connectivity index (χ3v) is 1.58. The van der Waals surface area contributed by atoms with Crippen LogP contribution in [0.1, 0.15) is 11.6 Å². The summed E-state index contributed by atoms with van der Waals surface area (Å²) in [5.41, 5.74) is 0. The summed E-state index contributed by atoms with van der Waals surface area (Å²) >= 11 is 0. The Morgan fingerprint density at radius 1 is 0.941 bits per heavy atom. The van der Waals surface area contributed by atoms with Crippen LogP contribution in [0.3, 0.4) is 0 Å². The van der Waals surface area contributed by atoms with Gasteiger partial charge < -0.3 is 20.2 Å². The predicted molar refractivity (Wildman–Crippen MR) is 55.6 cm³/mol. The first-order valence-electron chi connectivity index (χ1n) is 4.55. The third kappa shape index (κ3) is 4.77. The van der Waals surface area contributed by atoms with Crippen LogP contribution in [0.2, 0.25) is 0 Å². The second-order valence-corrected chi connectivity index (χ2v) is 2.71. The Hall–Kier alpha value is -1.69. The van der Waals surface area contributed by atoms with Crippen molar-refractivity contribution in [2.45, 2.75) is 0 Å². The summed E-state index contributed by atoms with van der Waals surface area (Å²) < 4.78 is 0. The molecule has 2 rings (SSSR count). The van der Waals surface area contributed by atoms with Gasteiger partial charge in [0.25, 0.3) is 0 Å². The number of hydrogen-bond donors (Lipinski definition) is 0. The molecule has 90 valence electrons. The van der Waals surface area contributed by atoms with E-state index in [0.29, 0.717) is 24.7 Å². The molecule has 0 N–H and O–H groups in total. The number of aromatic nitrogens is 6. The van der Waals surface area contributed by atoms with Gasteiger partial charge in [-0.05, 0) is 11.6 Å². The van der Waals surface area contributed by atoms with E-state index in [1.54, 1.807) is 12.4 Å². The Labute approximate surface area is 111 Å². The van der Waals surface area contributed by atoms with Crippen LogP contribution in [0.15, 0.2) is 22.6 Å². The molecule has 8 nitrogen and oxygen atoms in total. The van der Waals surface area contributed by atoms with Gasteiger partial charge in [0.1, 0.15) is 0 Å². The van der Waals surface area contributed by atoms with E-state index < -0.39 is 0 Å². The van der Waals surface area contributed by atoms with Gasteiger partial charge in [0.2, 0.25) is 0 Å². The fraction of sp³-hybridized carbons (Fsp3) is 0.250. The molecule has 0 aliphatic carbocycles. The SMILES string of the molecule is C(=NCCN=Cc1ncn[n-]1)c1ncn[n-]1.[Pt+2]. The molecule has 0 spiro atoms. The zero-order valence-corrected chi connectivity index (χ0v) is 10.9. The maximum absolute atomic E-state index is 4.07. The average molecular weight is 411 g/mol. The van der Waals surface area contributed by atoms with Crippen LogP contribution in [0.4, 0.5) is 0 Å². The molecule has 0 amide bonds. The summed E-state index contributed by atoms with van der Waals surface area (Å²) in [7, 11) is 0. The maximum Gasteiger partial charge on any atom is 2.00 e. The number of hydrogen-bond acceptors (Lipinski definition) is 6. The standard InChI is InChI=1S/C8H8N8.Pt/c1(9-3-7-11-5-13-15-7)2-10-4-8-12-6-14-16-8;/h3-6H,1-2H2;/q-2;+2. The van der Waals surface area contributed by atoms with Crippen molar-refractivity contribution >= 4 is 12.4 Å². The Morgan fingerprint density at radius 3 is 1.76 bits per heavy atom. The molecule has 0 bridgehead atoms. The van der Waals surface area contributed by atoms with Crippen LogP contribution in [0.5, 0.6) is 0 Å². The Morgan fingerprint density at radius 2 is 1.41 bits per heavy atom. The summed E-state index contributed by atoms with van der Waals surface area (Å²) in [5, 5.41) is 14.5. The van der Waals surface area contributed by atoms with Gasteiger partial charge in [-0.15, -0.1) is 0 Å². The maximum atomic E-state index is 4.07. The van der Waals surface area contributed by atoms with Crippen molar-refractivity contribution in [3.8, 4) is 0 Å². The van der Waals surface area contributed by atoms with Gasteiger partial charge >= 0.3 is 21.1 Å². The van der Waals surface area contributed by atoms with Crippen molar-refractivity contribution < 1.29 is 21.1 Å². The monoisotopic (exact) mass is 411 g/mol. The van der Waals surface area contributed by atoms with Gasteiger partial charge in [-0.2, -0.15) is 0 Å². The van der Waals surface area contributed by atoms with Crippen LogP contribution in [-0.4, -0.2) is 45.7 Å². The van der Waals surface area contributed by atoms with E-state index >= 15 is 0 Å². The number of aliphatic imine (C=N–C) groups is 2. The van der Waals surface area contributed by atoms with E-state index in [1.165, 1.54) is 12.7 Å². The van der Waals surface area contributed by atoms with E-state index in [4.69, 9.17) is 0 Å². The molecule has 0 radical (unpaired) electrons. The first-order chi connectivity index (χ1) is 7.95. The van der Waals surface area contributed by atoms with Gasteiger partial charge in [-0.3, -0.25) is 20.2 Å². The van der Waals surface area contributed by atoms with E-state index in [2.05, 4.69) is 40.3 Å².